The Balaban J connectivity index is 0.000000980. The Labute approximate surface area is 99.4 Å². The van der Waals surface area contributed by atoms with E-state index in [1.165, 1.54) is 4.40 Å². The number of nitrogens with zero attached hydrogens (tertiary/aromatic N) is 3. The van der Waals surface area contributed by atoms with Crippen molar-refractivity contribution in [1.82, 2.24) is 14.6 Å². The summed E-state index contributed by atoms with van der Waals surface area (Å²) in [7, 11) is 0. The van der Waals surface area contributed by atoms with Gasteiger partial charge in [-0.3, -0.25) is 4.40 Å². The Morgan fingerprint density at radius 2 is 2.14 bits per heavy atom. The average Bonchev–Trinajstić information content (AvgIpc) is 2.46. The topological polar surface area (TPSA) is 70.3 Å². The van der Waals surface area contributed by atoms with Gasteiger partial charge in [0.25, 0.3) is 0 Å². The first-order chi connectivity index (χ1) is 6.18. The van der Waals surface area contributed by atoms with Crippen LogP contribution in [0.15, 0.2) is 22.8 Å². The van der Waals surface area contributed by atoms with E-state index in [0.717, 1.165) is 4.47 Å². The van der Waals surface area contributed by atoms with Gasteiger partial charge in [0.1, 0.15) is 5.97 Å². The Bertz CT molecular complexity index is 485. The van der Waals surface area contributed by atoms with Gasteiger partial charge in [0.2, 0.25) is 0 Å². The summed E-state index contributed by atoms with van der Waals surface area (Å²) in [5.41, 5.74) is 0.474. The second kappa shape index (κ2) is 4.13. The summed E-state index contributed by atoms with van der Waals surface area (Å²) >= 11 is 3.21. The number of aromatic carboxylic acids is 1. The van der Waals surface area contributed by atoms with Crippen LogP contribution in [0.2, 0.25) is 0 Å². The average molecular weight is 248 g/mol. The number of fused-ring (bicyclic) bond motifs is 1. The Morgan fingerprint density at radius 3 is 2.79 bits per heavy atom. The molecule has 0 aliphatic rings. The number of halogens is 1. The summed E-state index contributed by atoms with van der Waals surface area (Å²) in [5.74, 6) is -1.54. The van der Waals surface area contributed by atoms with E-state index in [9.17, 15) is 9.90 Å². The van der Waals surface area contributed by atoms with Gasteiger partial charge in [-0.15, -0.1) is 10.2 Å². The predicted octanol–water partition coefficient (Wildman–Crippen LogP) is -3.14. The maximum atomic E-state index is 10.5. The number of carboxylic acids is 1. The quantitative estimate of drug-likeness (QED) is 0.500. The third-order valence-corrected chi connectivity index (χ3v) is 2.02. The maximum absolute atomic E-state index is 10.5. The van der Waals surface area contributed by atoms with E-state index in [4.69, 9.17) is 0 Å². The number of aromatic nitrogens is 3. The molecular formula is C7H3BrLiN3O2. The molecule has 0 aromatic carbocycles. The molecule has 14 heavy (non-hydrogen) atoms. The number of rotatable bonds is 1. The second-order valence-electron chi connectivity index (χ2n) is 2.39. The summed E-state index contributed by atoms with van der Waals surface area (Å²) in [4.78, 5) is 10.5. The van der Waals surface area contributed by atoms with Gasteiger partial charge < -0.3 is 9.90 Å². The van der Waals surface area contributed by atoms with Crippen LogP contribution < -0.4 is 24.0 Å². The molecule has 0 radical (unpaired) electrons. The van der Waals surface area contributed by atoms with Gasteiger partial charge in [-0.25, -0.2) is 0 Å². The molecule has 0 fully saturated rings. The predicted molar refractivity (Wildman–Crippen MR) is 45.0 cm³/mol. The zero-order valence-electron chi connectivity index (χ0n) is 7.27. The van der Waals surface area contributed by atoms with E-state index in [-0.39, 0.29) is 24.7 Å². The molecule has 0 amide bonds. The molecule has 7 heteroatoms. The van der Waals surface area contributed by atoms with E-state index >= 15 is 0 Å². The Hall–Kier alpha value is -0.833. The molecule has 0 unspecified atom stereocenters. The molecule has 0 aliphatic heterocycles. The number of carboxylic acid groups (broad SMARTS) is 1. The molecule has 0 aliphatic carbocycles. The summed E-state index contributed by atoms with van der Waals surface area (Å²) in [6.45, 7) is 0. The van der Waals surface area contributed by atoms with Crippen LogP contribution in [0.4, 0.5) is 0 Å². The minimum absolute atomic E-state index is 0. The van der Waals surface area contributed by atoms with Crippen molar-refractivity contribution in [2.75, 3.05) is 0 Å². The molecule has 5 nitrogen and oxygen atoms in total. The van der Waals surface area contributed by atoms with E-state index in [1.807, 2.05) is 0 Å². The maximum Gasteiger partial charge on any atom is 1.00 e. The Morgan fingerprint density at radius 1 is 1.43 bits per heavy atom. The first-order valence-corrected chi connectivity index (χ1v) is 4.19. The molecule has 0 bridgehead atoms. The van der Waals surface area contributed by atoms with Crippen molar-refractivity contribution in [2.45, 2.75) is 0 Å². The van der Waals surface area contributed by atoms with Crippen molar-refractivity contribution in [3.05, 3.63) is 28.6 Å². The van der Waals surface area contributed by atoms with Gasteiger partial charge in [-0.05, 0) is 28.1 Å². The van der Waals surface area contributed by atoms with Gasteiger partial charge in [0, 0.05) is 10.7 Å². The molecule has 0 saturated heterocycles. The molecule has 2 aromatic rings. The van der Waals surface area contributed by atoms with Gasteiger partial charge in [0.05, 0.1) is 0 Å². The van der Waals surface area contributed by atoms with E-state index in [2.05, 4.69) is 26.1 Å². The number of hydrogen-bond donors (Lipinski definition) is 0. The fourth-order valence-corrected chi connectivity index (χ4v) is 1.34. The van der Waals surface area contributed by atoms with Crippen molar-refractivity contribution < 1.29 is 28.8 Å². The number of carbonyl (C=O) groups is 1. The summed E-state index contributed by atoms with van der Waals surface area (Å²) < 4.78 is 2.10. The summed E-state index contributed by atoms with van der Waals surface area (Å²) in [5, 5.41) is 17.7. The molecule has 2 rings (SSSR count). The largest absolute Gasteiger partial charge is 1.00 e. The van der Waals surface area contributed by atoms with Gasteiger partial charge in [-0.1, -0.05) is 0 Å². The van der Waals surface area contributed by atoms with Crippen molar-refractivity contribution in [1.29, 1.82) is 0 Å². The molecule has 2 aromatic heterocycles. The molecule has 66 valence electrons. The standard InChI is InChI=1S/C7H4BrN3O2.Li/c8-4-1-2-5-9-10-6(7(12)13)11(5)3-4;/h1-3H,(H,12,13);/q;+1/p-1. The van der Waals surface area contributed by atoms with Crippen LogP contribution in [-0.2, 0) is 0 Å². The van der Waals surface area contributed by atoms with Crippen molar-refractivity contribution in [3.8, 4) is 0 Å². The van der Waals surface area contributed by atoms with Crippen molar-refractivity contribution in [3.63, 3.8) is 0 Å². The minimum atomic E-state index is -1.34. The molecule has 0 N–H and O–H groups in total. The van der Waals surface area contributed by atoms with Crippen LogP contribution in [-0.4, -0.2) is 20.6 Å². The first-order valence-electron chi connectivity index (χ1n) is 3.40. The number of pyridine rings is 1. The van der Waals surface area contributed by atoms with E-state index in [0.29, 0.717) is 5.65 Å². The van der Waals surface area contributed by atoms with Gasteiger partial charge in [-0.2, -0.15) is 0 Å². The summed E-state index contributed by atoms with van der Waals surface area (Å²) in [6, 6.07) is 3.41. The van der Waals surface area contributed by atoms with E-state index < -0.39 is 5.97 Å². The minimum Gasteiger partial charge on any atom is -0.541 e. The Kier molecular flexibility index (Phi) is 3.32. The fraction of sp³-hybridized carbons (Fsp3) is 0. The first kappa shape index (κ1) is 11.2. The zero-order valence-corrected chi connectivity index (χ0v) is 8.85. The molecular weight excluding hydrogens is 245 g/mol. The third-order valence-electron chi connectivity index (χ3n) is 1.55. The van der Waals surface area contributed by atoms with Crippen LogP contribution >= 0.6 is 15.9 Å². The molecule has 0 atom stereocenters. The molecule has 0 spiro atoms. The van der Waals surface area contributed by atoms with E-state index in [1.54, 1.807) is 18.3 Å². The normalized spacial score (nSPS) is 9.79. The summed E-state index contributed by atoms with van der Waals surface area (Å²) in [6.07, 6.45) is 1.57. The SMILES string of the molecule is O=C([O-])c1nnc2ccc(Br)cn12.[Li+]. The zero-order chi connectivity index (χ0) is 9.42. The van der Waals surface area contributed by atoms with Crippen LogP contribution in [0.5, 0.6) is 0 Å². The monoisotopic (exact) mass is 247 g/mol. The third kappa shape index (κ3) is 1.82. The van der Waals surface area contributed by atoms with Crippen LogP contribution in [0.1, 0.15) is 10.6 Å². The number of carbonyl (C=O) groups excluding carboxylic acids is 1. The molecule has 2 heterocycles. The number of hydrogen-bond acceptors (Lipinski definition) is 4. The van der Waals surface area contributed by atoms with Gasteiger partial charge >= 0.3 is 18.9 Å². The van der Waals surface area contributed by atoms with Crippen molar-refractivity contribution >= 4 is 27.5 Å². The van der Waals surface area contributed by atoms with Crippen LogP contribution in [0.3, 0.4) is 0 Å². The van der Waals surface area contributed by atoms with Crippen LogP contribution in [0, 0.1) is 0 Å². The molecule has 0 saturated carbocycles. The second-order valence-corrected chi connectivity index (χ2v) is 3.30. The van der Waals surface area contributed by atoms with Crippen molar-refractivity contribution in [2.24, 2.45) is 0 Å². The van der Waals surface area contributed by atoms with Crippen LogP contribution in [0.25, 0.3) is 5.65 Å². The fourth-order valence-electron chi connectivity index (χ4n) is 1.00. The smallest absolute Gasteiger partial charge is 0.541 e. The van der Waals surface area contributed by atoms with Gasteiger partial charge in [0.15, 0.2) is 11.5 Å².